The van der Waals surface area contributed by atoms with Crippen molar-refractivity contribution < 1.29 is 9.53 Å². The summed E-state index contributed by atoms with van der Waals surface area (Å²) < 4.78 is 5.35. The van der Waals surface area contributed by atoms with Crippen LogP contribution in [0.15, 0.2) is 6.07 Å². The molecule has 1 aliphatic carbocycles. The van der Waals surface area contributed by atoms with Gasteiger partial charge in [0, 0.05) is 0 Å². The Bertz CT molecular complexity index is 455. The molecule has 4 heteroatoms. The summed E-state index contributed by atoms with van der Waals surface area (Å²) in [6, 6.07) is 1.92. The summed E-state index contributed by atoms with van der Waals surface area (Å²) in [5.41, 5.74) is 6.37. The molecule has 0 fully saturated rings. The van der Waals surface area contributed by atoms with Crippen molar-refractivity contribution in [3.05, 3.63) is 28.3 Å². The van der Waals surface area contributed by atoms with Crippen molar-refractivity contribution in [2.75, 3.05) is 7.11 Å². The lowest BCUT2D eigenvalue weighted by Gasteiger charge is -2.22. The first kappa shape index (κ1) is 11.9. The highest BCUT2D eigenvalue weighted by Gasteiger charge is 2.21. The van der Waals surface area contributed by atoms with Crippen LogP contribution in [0, 0.1) is 6.92 Å². The lowest BCUT2D eigenvalue weighted by molar-refractivity contribution is 0.0950. The van der Waals surface area contributed by atoms with Gasteiger partial charge in [-0.25, -0.2) is 5.84 Å². The summed E-state index contributed by atoms with van der Waals surface area (Å²) in [6.07, 6.45) is 4.49. The molecule has 0 aliphatic heterocycles. The summed E-state index contributed by atoms with van der Waals surface area (Å²) >= 11 is 0. The van der Waals surface area contributed by atoms with Crippen LogP contribution in [0.3, 0.4) is 0 Å². The first-order valence-corrected chi connectivity index (χ1v) is 5.89. The number of methoxy groups -OCH3 is 1. The topological polar surface area (TPSA) is 64.3 Å². The van der Waals surface area contributed by atoms with Gasteiger partial charge in [0.15, 0.2) is 0 Å². The van der Waals surface area contributed by atoms with E-state index in [1.165, 1.54) is 24.0 Å². The molecule has 1 aromatic rings. The number of hydrogen-bond donors (Lipinski definition) is 2. The summed E-state index contributed by atoms with van der Waals surface area (Å²) in [4.78, 5) is 11.7. The Labute approximate surface area is 101 Å². The number of ether oxygens (including phenoxy) is 1. The molecule has 0 radical (unpaired) electrons. The molecule has 0 unspecified atom stereocenters. The lowest BCUT2D eigenvalue weighted by Crippen LogP contribution is -2.30. The zero-order valence-electron chi connectivity index (χ0n) is 10.3. The van der Waals surface area contributed by atoms with Gasteiger partial charge in [0.05, 0.1) is 12.7 Å². The molecule has 0 atom stereocenters. The molecule has 0 bridgehead atoms. The monoisotopic (exact) mass is 234 g/mol. The Balaban J connectivity index is 2.59. The fraction of sp³-hybridized carbons (Fsp3) is 0.462. The molecule has 3 N–H and O–H groups in total. The van der Waals surface area contributed by atoms with Crippen LogP contribution in [0.5, 0.6) is 5.75 Å². The van der Waals surface area contributed by atoms with Gasteiger partial charge in [-0.3, -0.25) is 10.2 Å². The Morgan fingerprint density at radius 3 is 2.76 bits per heavy atom. The minimum Gasteiger partial charge on any atom is -0.496 e. The van der Waals surface area contributed by atoms with Crippen LogP contribution >= 0.6 is 0 Å². The zero-order chi connectivity index (χ0) is 12.4. The predicted molar refractivity (Wildman–Crippen MR) is 66.0 cm³/mol. The molecule has 0 spiro atoms. The smallest absolute Gasteiger partial charge is 0.268 e. The van der Waals surface area contributed by atoms with Crippen LogP contribution in [0.25, 0.3) is 0 Å². The van der Waals surface area contributed by atoms with Gasteiger partial charge in [0.25, 0.3) is 5.91 Å². The van der Waals surface area contributed by atoms with Crippen LogP contribution in [0.1, 0.15) is 39.9 Å². The fourth-order valence-electron chi connectivity index (χ4n) is 2.60. The van der Waals surface area contributed by atoms with Crippen molar-refractivity contribution in [3.63, 3.8) is 0 Å². The number of hydrazine groups is 1. The SMILES string of the molecule is COc1c(C(=O)NN)cc2c(c1C)CCCC2. The first-order chi connectivity index (χ1) is 8.19. The molecule has 0 aromatic heterocycles. The Hall–Kier alpha value is -1.55. The summed E-state index contributed by atoms with van der Waals surface area (Å²) in [7, 11) is 1.59. The van der Waals surface area contributed by atoms with Crippen molar-refractivity contribution in [3.8, 4) is 5.75 Å². The van der Waals surface area contributed by atoms with Crippen LogP contribution in [0.4, 0.5) is 0 Å². The van der Waals surface area contributed by atoms with Gasteiger partial charge in [-0.15, -0.1) is 0 Å². The van der Waals surface area contributed by atoms with E-state index in [1.807, 2.05) is 13.0 Å². The summed E-state index contributed by atoms with van der Waals surface area (Å²) in [5.74, 6) is 5.55. The second-order valence-electron chi connectivity index (χ2n) is 4.40. The lowest BCUT2D eigenvalue weighted by atomic mass is 9.86. The summed E-state index contributed by atoms with van der Waals surface area (Å²) in [5, 5.41) is 0. The van der Waals surface area contributed by atoms with Crippen molar-refractivity contribution in [1.82, 2.24) is 5.43 Å². The van der Waals surface area contributed by atoms with Crippen LogP contribution in [-0.4, -0.2) is 13.0 Å². The molecular formula is C13H18N2O2. The number of nitrogens with one attached hydrogen (secondary N) is 1. The normalized spacial score (nSPS) is 14.1. The first-order valence-electron chi connectivity index (χ1n) is 5.89. The van der Waals surface area contributed by atoms with Crippen molar-refractivity contribution in [1.29, 1.82) is 0 Å². The highest BCUT2D eigenvalue weighted by molar-refractivity contribution is 5.97. The Morgan fingerprint density at radius 1 is 1.41 bits per heavy atom. The van der Waals surface area contributed by atoms with Gasteiger partial charge >= 0.3 is 0 Å². The fourth-order valence-corrected chi connectivity index (χ4v) is 2.60. The van der Waals surface area contributed by atoms with E-state index in [-0.39, 0.29) is 5.91 Å². The van der Waals surface area contributed by atoms with Gasteiger partial charge < -0.3 is 4.74 Å². The van der Waals surface area contributed by atoms with E-state index in [2.05, 4.69) is 5.43 Å². The van der Waals surface area contributed by atoms with E-state index >= 15 is 0 Å². The van der Waals surface area contributed by atoms with Gasteiger partial charge in [0.2, 0.25) is 0 Å². The third kappa shape index (κ3) is 2.00. The average molecular weight is 234 g/mol. The van der Waals surface area contributed by atoms with Crippen molar-refractivity contribution in [2.45, 2.75) is 32.6 Å². The minimum absolute atomic E-state index is 0.293. The third-order valence-corrected chi connectivity index (χ3v) is 3.45. The molecule has 1 aliphatic rings. The number of rotatable bonds is 2. The average Bonchev–Trinajstić information content (AvgIpc) is 2.37. The number of nitrogen functional groups attached to an aromatic ring is 1. The minimum atomic E-state index is -0.293. The molecular weight excluding hydrogens is 216 g/mol. The number of fused-ring (bicyclic) bond motifs is 1. The zero-order valence-corrected chi connectivity index (χ0v) is 10.3. The van der Waals surface area contributed by atoms with Gasteiger partial charge in [-0.05, 0) is 55.4 Å². The number of benzene rings is 1. The van der Waals surface area contributed by atoms with Gasteiger partial charge in [0.1, 0.15) is 5.75 Å². The number of aryl methyl sites for hydroxylation is 1. The highest BCUT2D eigenvalue weighted by atomic mass is 16.5. The molecule has 0 heterocycles. The predicted octanol–water partition coefficient (Wildman–Crippen LogP) is 1.49. The van der Waals surface area contributed by atoms with Gasteiger partial charge in [-0.2, -0.15) is 0 Å². The molecule has 1 aromatic carbocycles. The molecule has 1 amide bonds. The maximum atomic E-state index is 11.7. The molecule has 0 saturated heterocycles. The maximum absolute atomic E-state index is 11.7. The molecule has 2 rings (SSSR count). The number of nitrogens with two attached hydrogens (primary N) is 1. The molecule has 4 nitrogen and oxygen atoms in total. The van der Waals surface area contributed by atoms with Crippen molar-refractivity contribution in [2.24, 2.45) is 5.84 Å². The van der Waals surface area contributed by atoms with Crippen LogP contribution < -0.4 is 16.0 Å². The largest absolute Gasteiger partial charge is 0.496 e. The summed E-state index contributed by atoms with van der Waals surface area (Å²) in [6.45, 7) is 2.01. The molecule has 0 saturated carbocycles. The highest BCUT2D eigenvalue weighted by Crippen LogP contribution is 2.33. The van der Waals surface area contributed by atoms with Crippen molar-refractivity contribution >= 4 is 5.91 Å². The number of carbonyl (C=O) groups is 1. The van der Waals surface area contributed by atoms with E-state index in [4.69, 9.17) is 10.6 Å². The number of amides is 1. The van der Waals surface area contributed by atoms with Gasteiger partial charge in [-0.1, -0.05) is 0 Å². The third-order valence-electron chi connectivity index (χ3n) is 3.45. The van der Waals surface area contributed by atoms with E-state index in [9.17, 15) is 4.79 Å². The number of hydrogen-bond acceptors (Lipinski definition) is 3. The second-order valence-corrected chi connectivity index (χ2v) is 4.40. The van der Waals surface area contributed by atoms with E-state index in [0.29, 0.717) is 11.3 Å². The molecule has 92 valence electrons. The quantitative estimate of drug-likeness (QED) is 0.463. The van der Waals surface area contributed by atoms with E-state index in [1.54, 1.807) is 7.11 Å². The van der Waals surface area contributed by atoms with E-state index < -0.39 is 0 Å². The maximum Gasteiger partial charge on any atom is 0.268 e. The van der Waals surface area contributed by atoms with Crippen LogP contribution in [0.2, 0.25) is 0 Å². The molecule has 17 heavy (non-hydrogen) atoms. The second kappa shape index (κ2) is 4.75. The Kier molecular flexibility index (Phi) is 3.33. The Morgan fingerprint density at radius 2 is 2.12 bits per heavy atom. The number of carbonyl (C=O) groups excluding carboxylic acids is 1. The van der Waals surface area contributed by atoms with Crippen LogP contribution in [-0.2, 0) is 12.8 Å². The van der Waals surface area contributed by atoms with E-state index in [0.717, 1.165) is 18.4 Å². The standard InChI is InChI=1S/C13H18N2O2/c1-8-10-6-4-3-5-9(10)7-11(12(8)17-2)13(16)15-14/h7H,3-6,14H2,1-2H3,(H,15,16).